The number of hydrogen-bond donors (Lipinski definition) is 1. The predicted octanol–water partition coefficient (Wildman–Crippen LogP) is 2.74. The summed E-state index contributed by atoms with van der Waals surface area (Å²) in [6, 6.07) is 10.0. The summed E-state index contributed by atoms with van der Waals surface area (Å²) in [5.74, 6) is 0.878. The van der Waals surface area contributed by atoms with E-state index in [2.05, 4.69) is 4.98 Å². The lowest BCUT2D eigenvalue weighted by atomic mass is 10.1. The second kappa shape index (κ2) is 5.15. The quantitative estimate of drug-likeness (QED) is 0.878. The molecule has 0 aliphatic rings. The maximum atomic E-state index is 5.92. The van der Waals surface area contributed by atoms with Gasteiger partial charge in [-0.1, -0.05) is 6.07 Å². The van der Waals surface area contributed by atoms with Crippen LogP contribution in [-0.2, 0) is 0 Å². The molecule has 0 fully saturated rings. The molecule has 2 rings (SSSR count). The average molecular weight is 230 g/mol. The van der Waals surface area contributed by atoms with Crippen molar-refractivity contribution in [3.05, 3.63) is 36.5 Å². The van der Waals surface area contributed by atoms with Crippen LogP contribution in [0.25, 0.3) is 10.9 Å². The second-order valence-corrected chi connectivity index (χ2v) is 4.47. The Hall–Kier alpha value is -1.61. The molecule has 0 aliphatic carbocycles. The number of pyridine rings is 1. The van der Waals surface area contributed by atoms with Crippen molar-refractivity contribution in [2.45, 2.75) is 32.4 Å². The third kappa shape index (κ3) is 2.94. The zero-order valence-corrected chi connectivity index (χ0v) is 10.3. The number of aromatic nitrogens is 1. The van der Waals surface area contributed by atoms with Crippen molar-refractivity contribution in [2.24, 2.45) is 5.73 Å². The molecule has 2 unspecified atom stereocenters. The molecule has 2 N–H and O–H groups in total. The standard InChI is InChI=1S/C14H18N2O/c1-10(15)9-11(2)17-14-7-3-6-13-12(14)5-4-8-16-13/h3-8,10-11H,9,15H2,1-2H3. The van der Waals surface area contributed by atoms with Crippen molar-refractivity contribution in [3.8, 4) is 5.75 Å². The molecule has 2 atom stereocenters. The summed E-state index contributed by atoms with van der Waals surface area (Å²) < 4.78 is 5.92. The van der Waals surface area contributed by atoms with Crippen LogP contribution in [0.4, 0.5) is 0 Å². The van der Waals surface area contributed by atoms with E-state index >= 15 is 0 Å². The minimum atomic E-state index is 0.112. The van der Waals surface area contributed by atoms with Crippen molar-refractivity contribution >= 4 is 10.9 Å². The van der Waals surface area contributed by atoms with E-state index in [1.165, 1.54) is 0 Å². The number of benzene rings is 1. The highest BCUT2D eigenvalue weighted by Crippen LogP contribution is 2.25. The number of rotatable bonds is 4. The molecule has 0 aliphatic heterocycles. The molecule has 90 valence electrons. The van der Waals surface area contributed by atoms with Crippen LogP contribution in [0, 0.1) is 0 Å². The highest BCUT2D eigenvalue weighted by atomic mass is 16.5. The zero-order chi connectivity index (χ0) is 12.3. The van der Waals surface area contributed by atoms with E-state index < -0.39 is 0 Å². The molecule has 0 amide bonds. The maximum Gasteiger partial charge on any atom is 0.129 e. The summed E-state index contributed by atoms with van der Waals surface area (Å²) in [6.45, 7) is 4.03. The van der Waals surface area contributed by atoms with Crippen molar-refractivity contribution in [1.82, 2.24) is 4.98 Å². The first-order valence-corrected chi connectivity index (χ1v) is 5.93. The lowest BCUT2D eigenvalue weighted by Gasteiger charge is -2.17. The van der Waals surface area contributed by atoms with Gasteiger partial charge in [0.2, 0.25) is 0 Å². The number of hydrogen-bond acceptors (Lipinski definition) is 3. The van der Waals surface area contributed by atoms with Gasteiger partial charge >= 0.3 is 0 Å². The van der Waals surface area contributed by atoms with E-state index in [1.54, 1.807) is 6.20 Å². The zero-order valence-electron chi connectivity index (χ0n) is 10.3. The maximum absolute atomic E-state index is 5.92. The van der Waals surface area contributed by atoms with Crippen LogP contribution in [0.5, 0.6) is 5.75 Å². The summed E-state index contributed by atoms with van der Waals surface area (Å²) in [6.07, 6.45) is 2.74. The summed E-state index contributed by atoms with van der Waals surface area (Å²) >= 11 is 0. The molecule has 3 nitrogen and oxygen atoms in total. The van der Waals surface area contributed by atoms with Crippen molar-refractivity contribution in [1.29, 1.82) is 0 Å². The van der Waals surface area contributed by atoms with Crippen LogP contribution in [0.15, 0.2) is 36.5 Å². The predicted molar refractivity (Wildman–Crippen MR) is 70.1 cm³/mol. The van der Waals surface area contributed by atoms with Gasteiger partial charge in [-0.15, -0.1) is 0 Å². The fourth-order valence-corrected chi connectivity index (χ4v) is 1.97. The Morgan fingerprint density at radius 3 is 2.82 bits per heavy atom. The Kier molecular flexibility index (Phi) is 3.59. The van der Waals surface area contributed by atoms with Gasteiger partial charge in [0.15, 0.2) is 0 Å². The molecule has 1 aromatic heterocycles. The van der Waals surface area contributed by atoms with Gasteiger partial charge in [0.1, 0.15) is 5.75 Å². The van der Waals surface area contributed by atoms with E-state index in [0.29, 0.717) is 0 Å². The SMILES string of the molecule is CC(N)CC(C)Oc1cccc2ncccc12. The molecule has 1 aromatic carbocycles. The van der Waals surface area contributed by atoms with Gasteiger partial charge in [0.05, 0.1) is 11.6 Å². The molecule has 2 aromatic rings. The van der Waals surface area contributed by atoms with Crippen molar-refractivity contribution in [3.63, 3.8) is 0 Å². The van der Waals surface area contributed by atoms with Gasteiger partial charge in [0, 0.05) is 17.6 Å². The first kappa shape index (κ1) is 11.9. The van der Waals surface area contributed by atoms with E-state index in [4.69, 9.17) is 10.5 Å². The van der Waals surface area contributed by atoms with Crippen molar-refractivity contribution in [2.75, 3.05) is 0 Å². The summed E-state index contributed by atoms with van der Waals surface area (Å²) in [4.78, 5) is 4.31. The van der Waals surface area contributed by atoms with Gasteiger partial charge in [0.25, 0.3) is 0 Å². The van der Waals surface area contributed by atoms with E-state index in [-0.39, 0.29) is 12.1 Å². The highest BCUT2D eigenvalue weighted by Gasteiger charge is 2.09. The third-order valence-corrected chi connectivity index (χ3v) is 2.64. The van der Waals surface area contributed by atoms with E-state index in [0.717, 1.165) is 23.1 Å². The Morgan fingerprint density at radius 2 is 2.06 bits per heavy atom. The topological polar surface area (TPSA) is 48.1 Å². The molecule has 1 heterocycles. The van der Waals surface area contributed by atoms with Crippen molar-refractivity contribution < 1.29 is 4.74 Å². The summed E-state index contributed by atoms with van der Waals surface area (Å²) in [5.41, 5.74) is 6.72. The largest absolute Gasteiger partial charge is 0.490 e. The van der Waals surface area contributed by atoms with Crippen LogP contribution in [0.3, 0.4) is 0 Å². The molecule has 0 saturated heterocycles. The van der Waals surface area contributed by atoms with Gasteiger partial charge in [-0.3, -0.25) is 4.98 Å². The Morgan fingerprint density at radius 1 is 1.24 bits per heavy atom. The first-order chi connectivity index (χ1) is 8.16. The molecule has 3 heteroatoms. The van der Waals surface area contributed by atoms with Gasteiger partial charge in [-0.2, -0.15) is 0 Å². The Balaban J connectivity index is 2.24. The van der Waals surface area contributed by atoms with Gasteiger partial charge in [-0.05, 0) is 44.5 Å². The first-order valence-electron chi connectivity index (χ1n) is 5.93. The second-order valence-electron chi connectivity index (χ2n) is 4.47. The number of ether oxygens (including phenoxy) is 1. The van der Waals surface area contributed by atoms with Crippen LogP contribution in [0.1, 0.15) is 20.3 Å². The minimum absolute atomic E-state index is 0.112. The highest BCUT2D eigenvalue weighted by molar-refractivity contribution is 5.84. The summed E-state index contributed by atoms with van der Waals surface area (Å²) in [5, 5.41) is 1.05. The molecular formula is C14H18N2O. The van der Waals surface area contributed by atoms with Crippen LogP contribution in [-0.4, -0.2) is 17.1 Å². The summed E-state index contributed by atoms with van der Waals surface area (Å²) in [7, 11) is 0. The number of nitrogens with two attached hydrogens (primary N) is 1. The lowest BCUT2D eigenvalue weighted by Crippen LogP contribution is -2.24. The number of nitrogens with zero attached hydrogens (tertiary/aromatic N) is 1. The molecule has 17 heavy (non-hydrogen) atoms. The number of fused-ring (bicyclic) bond motifs is 1. The molecule has 0 spiro atoms. The van der Waals surface area contributed by atoms with Crippen LogP contribution in [0.2, 0.25) is 0 Å². The fraction of sp³-hybridized carbons (Fsp3) is 0.357. The average Bonchev–Trinajstić information content (AvgIpc) is 2.28. The monoisotopic (exact) mass is 230 g/mol. The van der Waals surface area contributed by atoms with Crippen LogP contribution >= 0.6 is 0 Å². The smallest absolute Gasteiger partial charge is 0.129 e. The lowest BCUT2D eigenvalue weighted by molar-refractivity contribution is 0.205. The van der Waals surface area contributed by atoms with E-state index in [9.17, 15) is 0 Å². The molecule has 0 saturated carbocycles. The van der Waals surface area contributed by atoms with E-state index in [1.807, 2.05) is 44.2 Å². The van der Waals surface area contributed by atoms with Crippen LogP contribution < -0.4 is 10.5 Å². The normalized spacial score (nSPS) is 14.5. The van der Waals surface area contributed by atoms with Gasteiger partial charge in [-0.25, -0.2) is 0 Å². The fourth-order valence-electron chi connectivity index (χ4n) is 1.97. The molecule has 0 bridgehead atoms. The van der Waals surface area contributed by atoms with Gasteiger partial charge < -0.3 is 10.5 Å². The molecular weight excluding hydrogens is 212 g/mol. The Bertz CT molecular complexity index is 491. The Labute approximate surface area is 102 Å². The minimum Gasteiger partial charge on any atom is -0.490 e. The molecule has 0 radical (unpaired) electrons. The third-order valence-electron chi connectivity index (χ3n) is 2.64.